The molecule has 19 heavy (non-hydrogen) atoms. The highest BCUT2D eigenvalue weighted by atomic mass is 32.1. The first-order valence-electron chi connectivity index (χ1n) is 6.19. The molecule has 4 nitrogen and oxygen atoms in total. The second kappa shape index (κ2) is 4.93. The Labute approximate surface area is 115 Å². The van der Waals surface area contributed by atoms with Crippen LogP contribution in [0, 0.1) is 0 Å². The summed E-state index contributed by atoms with van der Waals surface area (Å²) >= 11 is 1.68. The zero-order valence-electron chi connectivity index (χ0n) is 10.8. The molecule has 0 aliphatic heterocycles. The van der Waals surface area contributed by atoms with Gasteiger partial charge in [-0.2, -0.15) is 0 Å². The summed E-state index contributed by atoms with van der Waals surface area (Å²) in [6, 6.07) is 6.09. The third-order valence-corrected chi connectivity index (χ3v) is 3.81. The molecule has 0 saturated heterocycles. The number of rotatable bonds is 3. The van der Waals surface area contributed by atoms with Crippen molar-refractivity contribution in [1.82, 2.24) is 15.0 Å². The van der Waals surface area contributed by atoms with E-state index in [-0.39, 0.29) is 0 Å². The molecule has 0 radical (unpaired) electrons. The van der Waals surface area contributed by atoms with Crippen LogP contribution in [0.5, 0.6) is 0 Å². The molecule has 0 spiro atoms. The van der Waals surface area contributed by atoms with Crippen LogP contribution in [0.25, 0.3) is 21.6 Å². The summed E-state index contributed by atoms with van der Waals surface area (Å²) in [4.78, 5) is 13.5. The molecule has 3 rings (SSSR count). The van der Waals surface area contributed by atoms with Gasteiger partial charge in [0.05, 0.1) is 10.2 Å². The standard InChI is InChI=1S/C14H14N4S/c1-3-10-7-13(15-2)18-14(17-10)9-6-12-11(16-8-9)4-5-19-12/h4-8H,3H2,1-2H3,(H,15,17,18). The summed E-state index contributed by atoms with van der Waals surface area (Å²) in [6.07, 6.45) is 2.72. The monoisotopic (exact) mass is 270 g/mol. The Balaban J connectivity index is 2.13. The van der Waals surface area contributed by atoms with Gasteiger partial charge in [-0.15, -0.1) is 11.3 Å². The van der Waals surface area contributed by atoms with Crippen molar-refractivity contribution in [3.63, 3.8) is 0 Å². The molecule has 0 unspecified atom stereocenters. The average Bonchev–Trinajstić information content (AvgIpc) is 2.94. The maximum Gasteiger partial charge on any atom is 0.163 e. The Morgan fingerprint density at radius 3 is 2.95 bits per heavy atom. The van der Waals surface area contributed by atoms with Gasteiger partial charge in [0.25, 0.3) is 0 Å². The number of nitrogens with one attached hydrogen (secondary N) is 1. The lowest BCUT2D eigenvalue weighted by atomic mass is 10.2. The molecule has 0 amide bonds. The van der Waals surface area contributed by atoms with Gasteiger partial charge in [-0.25, -0.2) is 9.97 Å². The normalized spacial score (nSPS) is 10.8. The van der Waals surface area contributed by atoms with Gasteiger partial charge in [-0.1, -0.05) is 6.92 Å². The van der Waals surface area contributed by atoms with Crippen molar-refractivity contribution in [3.8, 4) is 11.4 Å². The van der Waals surface area contributed by atoms with Crippen LogP contribution in [-0.4, -0.2) is 22.0 Å². The largest absolute Gasteiger partial charge is 0.373 e. The predicted octanol–water partition coefficient (Wildman–Crippen LogP) is 3.36. The van der Waals surface area contributed by atoms with Crippen LogP contribution >= 0.6 is 11.3 Å². The van der Waals surface area contributed by atoms with E-state index in [2.05, 4.69) is 33.3 Å². The molecule has 5 heteroatoms. The summed E-state index contributed by atoms with van der Waals surface area (Å²) < 4.78 is 1.16. The lowest BCUT2D eigenvalue weighted by molar-refractivity contribution is 1.00. The third-order valence-electron chi connectivity index (χ3n) is 2.96. The summed E-state index contributed by atoms with van der Waals surface area (Å²) in [5.74, 6) is 1.57. The molecule has 0 aliphatic carbocycles. The van der Waals surface area contributed by atoms with Crippen LogP contribution in [0.1, 0.15) is 12.6 Å². The molecule has 3 heterocycles. The lowest BCUT2D eigenvalue weighted by Crippen LogP contribution is -2.00. The highest BCUT2D eigenvalue weighted by molar-refractivity contribution is 7.17. The van der Waals surface area contributed by atoms with Crippen LogP contribution in [-0.2, 0) is 6.42 Å². The Kier molecular flexibility index (Phi) is 3.13. The second-order valence-corrected chi connectivity index (χ2v) is 5.15. The van der Waals surface area contributed by atoms with E-state index in [1.54, 1.807) is 11.3 Å². The zero-order valence-corrected chi connectivity index (χ0v) is 11.7. The molecule has 0 bridgehead atoms. The Hall–Kier alpha value is -2.01. The molecular formula is C14H14N4S. The van der Waals surface area contributed by atoms with Gasteiger partial charge in [0.1, 0.15) is 5.82 Å². The second-order valence-electron chi connectivity index (χ2n) is 4.20. The van der Waals surface area contributed by atoms with Crippen LogP contribution in [0.3, 0.4) is 0 Å². The lowest BCUT2D eigenvalue weighted by Gasteiger charge is -2.06. The number of aromatic nitrogens is 3. The summed E-state index contributed by atoms with van der Waals surface area (Å²) in [5.41, 5.74) is 3.01. The smallest absolute Gasteiger partial charge is 0.163 e. The van der Waals surface area contributed by atoms with E-state index in [4.69, 9.17) is 0 Å². The van der Waals surface area contributed by atoms with Crippen molar-refractivity contribution in [2.75, 3.05) is 12.4 Å². The molecule has 0 atom stereocenters. The minimum absolute atomic E-state index is 0.728. The van der Waals surface area contributed by atoms with Gasteiger partial charge in [0.15, 0.2) is 5.82 Å². The van der Waals surface area contributed by atoms with E-state index in [1.807, 2.05) is 30.8 Å². The number of thiophene rings is 1. The maximum absolute atomic E-state index is 4.57. The molecule has 0 fully saturated rings. The molecule has 3 aromatic rings. The molecule has 0 saturated carbocycles. The van der Waals surface area contributed by atoms with E-state index in [0.29, 0.717) is 0 Å². The van der Waals surface area contributed by atoms with Gasteiger partial charge in [-0.3, -0.25) is 4.98 Å². The van der Waals surface area contributed by atoms with Gasteiger partial charge >= 0.3 is 0 Å². The number of anilines is 1. The summed E-state index contributed by atoms with van der Waals surface area (Å²) in [5, 5.41) is 5.12. The topological polar surface area (TPSA) is 50.7 Å². The van der Waals surface area contributed by atoms with Crippen molar-refractivity contribution in [3.05, 3.63) is 35.5 Å². The highest BCUT2D eigenvalue weighted by Gasteiger charge is 2.07. The third kappa shape index (κ3) is 2.29. The van der Waals surface area contributed by atoms with Crippen molar-refractivity contribution < 1.29 is 0 Å². The first-order chi connectivity index (χ1) is 9.30. The summed E-state index contributed by atoms with van der Waals surface area (Å²) in [7, 11) is 1.87. The maximum atomic E-state index is 4.57. The number of pyridine rings is 1. The fourth-order valence-electron chi connectivity index (χ4n) is 1.90. The Morgan fingerprint density at radius 1 is 1.26 bits per heavy atom. The SMILES string of the molecule is CCc1cc(NC)nc(-c2cnc3ccsc3c2)n1. The Bertz CT molecular complexity index is 698. The minimum atomic E-state index is 0.728. The molecule has 0 aromatic carbocycles. The van der Waals surface area contributed by atoms with Crippen LogP contribution in [0.4, 0.5) is 5.82 Å². The molecule has 1 N–H and O–H groups in total. The number of nitrogens with zero attached hydrogens (tertiary/aromatic N) is 3. The number of hydrogen-bond acceptors (Lipinski definition) is 5. The number of aryl methyl sites for hydroxylation is 1. The minimum Gasteiger partial charge on any atom is -0.373 e. The molecular weight excluding hydrogens is 256 g/mol. The highest BCUT2D eigenvalue weighted by Crippen LogP contribution is 2.24. The molecule has 0 aliphatic rings. The fraction of sp³-hybridized carbons (Fsp3) is 0.214. The van der Waals surface area contributed by atoms with Crippen LogP contribution in [0.2, 0.25) is 0 Å². The van der Waals surface area contributed by atoms with Gasteiger partial charge < -0.3 is 5.32 Å². The number of hydrogen-bond donors (Lipinski definition) is 1. The molecule has 3 aromatic heterocycles. The van der Waals surface area contributed by atoms with Crippen LogP contribution < -0.4 is 5.32 Å². The van der Waals surface area contributed by atoms with E-state index >= 15 is 0 Å². The zero-order chi connectivity index (χ0) is 13.2. The summed E-state index contributed by atoms with van der Waals surface area (Å²) in [6.45, 7) is 2.09. The van der Waals surface area contributed by atoms with Crippen molar-refractivity contribution in [1.29, 1.82) is 0 Å². The van der Waals surface area contributed by atoms with Gasteiger partial charge in [0, 0.05) is 30.6 Å². The first-order valence-corrected chi connectivity index (χ1v) is 7.07. The van der Waals surface area contributed by atoms with Gasteiger partial charge in [-0.05, 0) is 23.9 Å². The Morgan fingerprint density at radius 2 is 2.16 bits per heavy atom. The van der Waals surface area contributed by atoms with Crippen molar-refractivity contribution in [2.24, 2.45) is 0 Å². The predicted molar refractivity (Wildman–Crippen MR) is 79.6 cm³/mol. The van der Waals surface area contributed by atoms with E-state index < -0.39 is 0 Å². The van der Waals surface area contributed by atoms with E-state index in [9.17, 15) is 0 Å². The quantitative estimate of drug-likeness (QED) is 0.793. The fourth-order valence-corrected chi connectivity index (χ4v) is 2.68. The molecule has 96 valence electrons. The van der Waals surface area contributed by atoms with E-state index in [0.717, 1.165) is 39.5 Å². The average molecular weight is 270 g/mol. The number of fused-ring (bicyclic) bond motifs is 1. The van der Waals surface area contributed by atoms with Crippen LogP contribution in [0.15, 0.2) is 29.8 Å². The van der Waals surface area contributed by atoms with Crippen molar-refractivity contribution >= 4 is 27.4 Å². The van der Waals surface area contributed by atoms with Crippen molar-refractivity contribution in [2.45, 2.75) is 13.3 Å². The van der Waals surface area contributed by atoms with Gasteiger partial charge in [0.2, 0.25) is 0 Å². The first kappa shape index (κ1) is 12.0. The van der Waals surface area contributed by atoms with E-state index in [1.165, 1.54) is 0 Å².